The molecule has 0 aliphatic heterocycles. The topological polar surface area (TPSA) is 100 Å². The van der Waals surface area contributed by atoms with Crippen LogP contribution in [-0.4, -0.2) is 35.5 Å². The van der Waals surface area contributed by atoms with Crippen LogP contribution in [0.4, 0.5) is 4.79 Å². The second kappa shape index (κ2) is 10.1. The minimum Gasteiger partial charge on any atom is -0.456 e. The highest BCUT2D eigenvalue weighted by Crippen LogP contribution is 2.23. The van der Waals surface area contributed by atoms with Crippen molar-refractivity contribution in [3.05, 3.63) is 36.0 Å². The smallest absolute Gasteiger partial charge is 0.321 e. The fourth-order valence-corrected chi connectivity index (χ4v) is 3.88. The molecule has 0 radical (unpaired) electrons. The van der Waals surface area contributed by atoms with E-state index in [4.69, 9.17) is 4.74 Å². The van der Waals surface area contributed by atoms with Crippen LogP contribution < -0.4 is 10.6 Å². The minimum atomic E-state index is -0.615. The number of rotatable bonds is 7. The summed E-state index contributed by atoms with van der Waals surface area (Å²) in [7, 11) is 0. The maximum absolute atomic E-state index is 11.9. The summed E-state index contributed by atoms with van der Waals surface area (Å²) in [6, 6.07) is 7.58. The quantitative estimate of drug-likeness (QED) is 0.621. The standard InChI is InChI=1S/C22H29N3O4/c1-15-7-2-4-10-18(15)24-22(28)25-20(26)14-29-21(27)12-6-8-16-13-23-19-11-5-3-9-17(16)19/h3,5,9,11,13,15,18,23H,2,4,6-8,10,12,14H2,1H3,(H2,24,25,26,28)/t15-,18-/m1/s1. The van der Waals surface area contributed by atoms with Gasteiger partial charge >= 0.3 is 12.0 Å². The van der Waals surface area contributed by atoms with Crippen LogP contribution in [0.15, 0.2) is 30.5 Å². The Kier molecular flexibility index (Phi) is 7.27. The average Bonchev–Trinajstić information content (AvgIpc) is 3.11. The number of carbonyl (C=O) groups is 3. The first-order chi connectivity index (χ1) is 14.0. The van der Waals surface area contributed by atoms with E-state index in [-0.39, 0.29) is 12.5 Å². The molecule has 156 valence electrons. The molecule has 0 spiro atoms. The number of H-pyrrole nitrogens is 1. The van der Waals surface area contributed by atoms with Gasteiger partial charge in [-0.3, -0.25) is 14.9 Å². The molecule has 3 N–H and O–H groups in total. The van der Waals surface area contributed by atoms with Gasteiger partial charge in [0.05, 0.1) is 0 Å². The normalized spacial score (nSPS) is 18.9. The first-order valence-electron chi connectivity index (χ1n) is 10.3. The first kappa shape index (κ1) is 20.9. The SMILES string of the molecule is C[C@@H]1CCCC[C@H]1NC(=O)NC(=O)COC(=O)CCCc1c[nH]c2ccccc12. The number of aromatic amines is 1. The molecule has 1 heterocycles. The molecule has 1 aliphatic rings. The number of urea groups is 1. The van der Waals surface area contributed by atoms with Crippen molar-refractivity contribution in [2.45, 2.75) is 57.9 Å². The van der Waals surface area contributed by atoms with Gasteiger partial charge in [-0.2, -0.15) is 0 Å². The number of imide groups is 1. The van der Waals surface area contributed by atoms with E-state index < -0.39 is 24.5 Å². The van der Waals surface area contributed by atoms with Gasteiger partial charge < -0.3 is 15.0 Å². The molecule has 3 amide bonds. The number of esters is 1. The fraction of sp³-hybridized carbons (Fsp3) is 0.500. The van der Waals surface area contributed by atoms with Crippen molar-refractivity contribution in [1.29, 1.82) is 0 Å². The number of fused-ring (bicyclic) bond motifs is 1. The lowest BCUT2D eigenvalue weighted by Crippen LogP contribution is -2.48. The molecule has 7 nitrogen and oxygen atoms in total. The monoisotopic (exact) mass is 399 g/mol. The molecule has 0 bridgehead atoms. The Morgan fingerprint density at radius 2 is 1.97 bits per heavy atom. The van der Waals surface area contributed by atoms with Crippen LogP contribution in [0.3, 0.4) is 0 Å². The summed E-state index contributed by atoms with van der Waals surface area (Å²) in [5.74, 6) is -0.656. The van der Waals surface area contributed by atoms with E-state index in [0.29, 0.717) is 12.3 Å². The van der Waals surface area contributed by atoms with Crippen molar-refractivity contribution in [2.75, 3.05) is 6.61 Å². The Hall–Kier alpha value is -2.83. The van der Waals surface area contributed by atoms with Crippen molar-refractivity contribution in [1.82, 2.24) is 15.6 Å². The number of carbonyl (C=O) groups excluding carboxylic acids is 3. The van der Waals surface area contributed by atoms with E-state index in [1.807, 2.05) is 30.5 Å². The van der Waals surface area contributed by atoms with Gasteiger partial charge in [0.25, 0.3) is 5.91 Å². The first-order valence-corrected chi connectivity index (χ1v) is 10.3. The third-order valence-electron chi connectivity index (χ3n) is 5.55. The lowest BCUT2D eigenvalue weighted by molar-refractivity contribution is -0.148. The molecule has 2 aromatic rings. The highest BCUT2D eigenvalue weighted by Gasteiger charge is 2.23. The number of hydrogen-bond acceptors (Lipinski definition) is 4. The highest BCUT2D eigenvalue weighted by atomic mass is 16.5. The van der Waals surface area contributed by atoms with Crippen LogP contribution in [-0.2, 0) is 20.7 Å². The summed E-state index contributed by atoms with van der Waals surface area (Å²) in [6.07, 6.45) is 7.81. The van der Waals surface area contributed by atoms with E-state index in [2.05, 4.69) is 22.5 Å². The Morgan fingerprint density at radius 1 is 1.17 bits per heavy atom. The van der Waals surface area contributed by atoms with Crippen LogP contribution in [0, 0.1) is 5.92 Å². The maximum atomic E-state index is 11.9. The van der Waals surface area contributed by atoms with Crippen molar-refractivity contribution >= 4 is 28.8 Å². The summed E-state index contributed by atoms with van der Waals surface area (Å²) >= 11 is 0. The van der Waals surface area contributed by atoms with E-state index in [1.54, 1.807) is 0 Å². The fourth-order valence-electron chi connectivity index (χ4n) is 3.88. The molecular formula is C22H29N3O4. The Balaban J connectivity index is 1.32. The van der Waals surface area contributed by atoms with E-state index in [0.717, 1.165) is 42.1 Å². The number of nitrogens with one attached hydrogen (secondary N) is 3. The number of aromatic nitrogens is 1. The zero-order valence-electron chi connectivity index (χ0n) is 16.8. The predicted molar refractivity (Wildman–Crippen MR) is 110 cm³/mol. The predicted octanol–water partition coefficient (Wildman–Crippen LogP) is 3.44. The van der Waals surface area contributed by atoms with Gasteiger partial charge in [-0.1, -0.05) is 38.0 Å². The van der Waals surface area contributed by atoms with Gasteiger partial charge in [0.2, 0.25) is 0 Å². The van der Waals surface area contributed by atoms with Crippen LogP contribution in [0.25, 0.3) is 10.9 Å². The maximum Gasteiger partial charge on any atom is 0.321 e. The summed E-state index contributed by atoms with van der Waals surface area (Å²) in [6.45, 7) is 1.66. The van der Waals surface area contributed by atoms with Gasteiger partial charge in [-0.25, -0.2) is 4.79 Å². The van der Waals surface area contributed by atoms with Gasteiger partial charge in [0.1, 0.15) is 0 Å². The molecule has 29 heavy (non-hydrogen) atoms. The van der Waals surface area contributed by atoms with E-state index >= 15 is 0 Å². The van der Waals surface area contributed by atoms with Crippen LogP contribution in [0.2, 0.25) is 0 Å². The molecule has 1 saturated carbocycles. The van der Waals surface area contributed by atoms with E-state index in [1.165, 1.54) is 6.42 Å². The molecule has 1 aliphatic carbocycles. The number of aryl methyl sites for hydroxylation is 1. The zero-order valence-corrected chi connectivity index (χ0v) is 16.8. The van der Waals surface area contributed by atoms with Gasteiger partial charge in [0, 0.05) is 29.6 Å². The van der Waals surface area contributed by atoms with Gasteiger partial charge in [-0.05, 0) is 43.2 Å². The summed E-state index contributed by atoms with van der Waals surface area (Å²) < 4.78 is 4.98. The third kappa shape index (κ3) is 6.07. The zero-order chi connectivity index (χ0) is 20.6. The molecule has 1 aromatic carbocycles. The van der Waals surface area contributed by atoms with Crippen LogP contribution in [0.5, 0.6) is 0 Å². The number of ether oxygens (including phenoxy) is 1. The van der Waals surface area contributed by atoms with Crippen molar-refractivity contribution in [3.8, 4) is 0 Å². The lowest BCUT2D eigenvalue weighted by Gasteiger charge is -2.29. The molecule has 0 unspecified atom stereocenters. The molecular weight excluding hydrogens is 370 g/mol. The largest absolute Gasteiger partial charge is 0.456 e. The summed E-state index contributed by atoms with van der Waals surface area (Å²) in [5, 5.41) is 6.22. The second-order valence-electron chi connectivity index (χ2n) is 7.76. The highest BCUT2D eigenvalue weighted by molar-refractivity contribution is 5.95. The molecule has 1 aromatic heterocycles. The Bertz CT molecular complexity index is 861. The Labute approximate surface area is 170 Å². The van der Waals surface area contributed by atoms with Crippen molar-refractivity contribution in [2.24, 2.45) is 5.92 Å². The molecule has 0 saturated heterocycles. The lowest BCUT2D eigenvalue weighted by atomic mass is 9.86. The third-order valence-corrected chi connectivity index (χ3v) is 5.55. The second-order valence-corrected chi connectivity index (χ2v) is 7.76. The molecule has 2 atom stereocenters. The molecule has 7 heteroatoms. The molecule has 1 fully saturated rings. The van der Waals surface area contributed by atoms with Gasteiger partial charge in [0.15, 0.2) is 6.61 Å². The summed E-state index contributed by atoms with van der Waals surface area (Å²) in [5.41, 5.74) is 2.22. The van der Waals surface area contributed by atoms with Gasteiger partial charge in [-0.15, -0.1) is 0 Å². The number of hydrogen-bond donors (Lipinski definition) is 3. The minimum absolute atomic E-state index is 0.0867. The van der Waals surface area contributed by atoms with Crippen LogP contribution in [0.1, 0.15) is 51.0 Å². The number of benzene rings is 1. The number of amides is 3. The van der Waals surface area contributed by atoms with Crippen molar-refractivity contribution in [3.63, 3.8) is 0 Å². The van der Waals surface area contributed by atoms with E-state index in [9.17, 15) is 14.4 Å². The molecule has 3 rings (SSSR count). The Morgan fingerprint density at radius 3 is 2.79 bits per heavy atom. The summed E-state index contributed by atoms with van der Waals surface area (Å²) in [4.78, 5) is 38.9. The van der Waals surface area contributed by atoms with Crippen molar-refractivity contribution < 1.29 is 19.1 Å². The average molecular weight is 399 g/mol. The van der Waals surface area contributed by atoms with Crippen LogP contribution >= 0.6 is 0 Å². The number of para-hydroxylation sites is 1.